The van der Waals surface area contributed by atoms with Gasteiger partial charge in [0.15, 0.2) is 0 Å². The molecular weight excluding hydrogens is 339 g/mol. The van der Waals surface area contributed by atoms with Crippen LogP contribution >= 0.6 is 12.4 Å². The van der Waals surface area contributed by atoms with Crippen LogP contribution in [-0.4, -0.2) is 68.2 Å². The van der Waals surface area contributed by atoms with Crippen LogP contribution in [0.5, 0.6) is 0 Å². The fraction of sp³-hybridized carbons (Fsp3) is 0.684. The summed E-state index contributed by atoms with van der Waals surface area (Å²) >= 11 is 0. The quantitative estimate of drug-likeness (QED) is 0.880. The fourth-order valence-corrected chi connectivity index (χ4v) is 4.48. The molecule has 1 aromatic rings. The molecule has 4 nitrogen and oxygen atoms in total. The Morgan fingerprint density at radius 2 is 1.80 bits per heavy atom. The van der Waals surface area contributed by atoms with Crippen molar-refractivity contribution >= 4 is 18.1 Å². The predicted molar refractivity (Wildman–Crippen MR) is 103 cm³/mol. The minimum atomic E-state index is -0.0370. The van der Waals surface area contributed by atoms with Crippen LogP contribution in [0.4, 0.5) is 10.1 Å². The summed E-state index contributed by atoms with van der Waals surface area (Å²) in [5, 5.41) is 3.43. The first-order valence-corrected chi connectivity index (χ1v) is 9.51. The Kier molecular flexibility index (Phi) is 6.55. The molecular formula is C19H30ClFN4. The molecule has 1 aromatic carbocycles. The number of piperazine rings is 1. The lowest BCUT2D eigenvalue weighted by atomic mass is 10.1. The Bertz CT molecular complexity index is 558. The van der Waals surface area contributed by atoms with Crippen LogP contribution in [0.1, 0.15) is 24.8 Å². The monoisotopic (exact) mass is 368 g/mol. The third-order valence-corrected chi connectivity index (χ3v) is 5.84. The van der Waals surface area contributed by atoms with Gasteiger partial charge in [-0.05, 0) is 31.4 Å². The molecule has 3 saturated heterocycles. The van der Waals surface area contributed by atoms with Gasteiger partial charge in [-0.2, -0.15) is 0 Å². The average Bonchev–Trinajstić information content (AvgIpc) is 3.29. The lowest BCUT2D eigenvalue weighted by Crippen LogP contribution is -2.49. The van der Waals surface area contributed by atoms with Crippen molar-refractivity contribution < 1.29 is 4.39 Å². The number of hydrogen-bond acceptors (Lipinski definition) is 4. The highest BCUT2D eigenvalue weighted by Gasteiger charge is 2.29. The maximum Gasteiger partial charge on any atom is 0.129 e. The highest BCUT2D eigenvalue weighted by molar-refractivity contribution is 5.85. The van der Waals surface area contributed by atoms with Gasteiger partial charge in [-0.25, -0.2) is 4.39 Å². The Labute approximate surface area is 156 Å². The Hall–Kier alpha value is -0.880. The molecule has 0 bridgehead atoms. The summed E-state index contributed by atoms with van der Waals surface area (Å²) in [7, 11) is 0. The van der Waals surface area contributed by atoms with E-state index in [2.05, 4.69) is 26.1 Å². The maximum atomic E-state index is 14.5. The van der Waals surface area contributed by atoms with E-state index in [4.69, 9.17) is 0 Å². The molecule has 0 aliphatic carbocycles. The molecule has 0 aromatic heterocycles. The predicted octanol–water partition coefficient (Wildman–Crippen LogP) is 2.33. The first-order chi connectivity index (χ1) is 11.8. The van der Waals surface area contributed by atoms with Crippen LogP contribution in [0.2, 0.25) is 0 Å². The summed E-state index contributed by atoms with van der Waals surface area (Å²) in [5.41, 5.74) is 2.03. The van der Waals surface area contributed by atoms with Crippen LogP contribution in [0.3, 0.4) is 0 Å². The van der Waals surface area contributed by atoms with E-state index < -0.39 is 0 Å². The van der Waals surface area contributed by atoms with E-state index in [1.807, 2.05) is 6.07 Å². The van der Waals surface area contributed by atoms with E-state index in [0.29, 0.717) is 6.04 Å². The molecule has 0 amide bonds. The molecule has 1 atom stereocenters. The number of likely N-dealkylation sites (tertiary alicyclic amines) is 1. The van der Waals surface area contributed by atoms with Gasteiger partial charge in [-0.1, -0.05) is 6.07 Å². The summed E-state index contributed by atoms with van der Waals surface area (Å²) in [6.07, 6.45) is 3.67. The van der Waals surface area contributed by atoms with Gasteiger partial charge in [-0.15, -0.1) is 12.4 Å². The third kappa shape index (κ3) is 4.27. The number of halogens is 2. The van der Waals surface area contributed by atoms with E-state index >= 15 is 0 Å². The Morgan fingerprint density at radius 3 is 2.56 bits per heavy atom. The normalized spacial score (nSPS) is 25.3. The summed E-state index contributed by atoms with van der Waals surface area (Å²) in [4.78, 5) is 7.42. The Balaban J connectivity index is 0.00000182. The molecule has 3 aliphatic rings. The van der Waals surface area contributed by atoms with E-state index in [0.717, 1.165) is 70.2 Å². The van der Waals surface area contributed by atoms with Crippen molar-refractivity contribution in [1.29, 1.82) is 0 Å². The van der Waals surface area contributed by atoms with Crippen molar-refractivity contribution in [2.24, 2.45) is 0 Å². The smallest absolute Gasteiger partial charge is 0.129 e. The number of anilines is 1. The zero-order valence-electron chi connectivity index (χ0n) is 14.9. The minimum absolute atomic E-state index is 0. The third-order valence-electron chi connectivity index (χ3n) is 5.84. The first kappa shape index (κ1) is 18.9. The number of nitrogens with one attached hydrogen (secondary N) is 1. The number of hydrogen-bond donors (Lipinski definition) is 1. The van der Waals surface area contributed by atoms with Crippen molar-refractivity contribution in [1.82, 2.24) is 15.1 Å². The molecule has 25 heavy (non-hydrogen) atoms. The minimum Gasteiger partial charge on any atom is -0.371 e. The van der Waals surface area contributed by atoms with Crippen molar-refractivity contribution in [3.05, 3.63) is 29.6 Å². The summed E-state index contributed by atoms with van der Waals surface area (Å²) in [5.74, 6) is -0.0370. The van der Waals surface area contributed by atoms with E-state index in [-0.39, 0.29) is 18.2 Å². The van der Waals surface area contributed by atoms with Gasteiger partial charge in [0.25, 0.3) is 0 Å². The van der Waals surface area contributed by atoms with Crippen molar-refractivity contribution in [3.63, 3.8) is 0 Å². The molecule has 1 unspecified atom stereocenters. The van der Waals surface area contributed by atoms with Crippen molar-refractivity contribution in [2.45, 2.75) is 31.8 Å². The van der Waals surface area contributed by atoms with Gasteiger partial charge in [0.2, 0.25) is 0 Å². The first-order valence-electron chi connectivity index (χ1n) is 9.51. The zero-order chi connectivity index (χ0) is 16.4. The lowest BCUT2D eigenvalue weighted by molar-refractivity contribution is 0.170. The number of rotatable bonds is 4. The highest BCUT2D eigenvalue weighted by atomic mass is 35.5. The van der Waals surface area contributed by atoms with Gasteiger partial charge in [0.05, 0.1) is 0 Å². The van der Waals surface area contributed by atoms with Crippen molar-refractivity contribution in [3.8, 4) is 0 Å². The van der Waals surface area contributed by atoms with Gasteiger partial charge in [0.1, 0.15) is 5.82 Å². The van der Waals surface area contributed by atoms with Crippen LogP contribution in [-0.2, 0) is 6.54 Å². The van der Waals surface area contributed by atoms with Crippen LogP contribution < -0.4 is 10.2 Å². The fourth-order valence-electron chi connectivity index (χ4n) is 4.48. The van der Waals surface area contributed by atoms with Gasteiger partial charge in [-0.3, -0.25) is 9.80 Å². The summed E-state index contributed by atoms with van der Waals surface area (Å²) < 4.78 is 14.5. The topological polar surface area (TPSA) is 21.8 Å². The molecule has 0 saturated carbocycles. The van der Waals surface area contributed by atoms with Gasteiger partial charge >= 0.3 is 0 Å². The molecule has 6 heteroatoms. The standard InChI is InChI=1S/C19H29FN4.ClH/c20-18-4-3-5-19(24-9-1-2-10-24)17(18)15-22-11-6-16(14-22)23-12-7-21-8-13-23;/h3-5,16,21H,1-2,6-15H2;1H. The average molecular weight is 369 g/mol. The molecule has 0 spiro atoms. The highest BCUT2D eigenvalue weighted by Crippen LogP contribution is 2.29. The Morgan fingerprint density at radius 1 is 1.04 bits per heavy atom. The van der Waals surface area contributed by atoms with Crippen LogP contribution in [0.15, 0.2) is 18.2 Å². The summed E-state index contributed by atoms with van der Waals surface area (Å²) in [6, 6.07) is 6.24. The molecule has 3 heterocycles. The summed E-state index contributed by atoms with van der Waals surface area (Å²) in [6.45, 7) is 9.55. The second-order valence-electron chi connectivity index (χ2n) is 7.40. The van der Waals surface area contributed by atoms with Crippen LogP contribution in [0.25, 0.3) is 0 Å². The number of benzene rings is 1. The zero-order valence-corrected chi connectivity index (χ0v) is 15.7. The molecule has 3 fully saturated rings. The lowest BCUT2D eigenvalue weighted by Gasteiger charge is -2.32. The number of nitrogens with zero attached hydrogens (tertiary/aromatic N) is 3. The maximum absolute atomic E-state index is 14.5. The molecule has 3 aliphatic heterocycles. The SMILES string of the molecule is Cl.Fc1cccc(N2CCCC2)c1CN1CCC(N2CCNCC2)C1. The van der Waals surface area contributed by atoms with E-state index in [9.17, 15) is 4.39 Å². The molecule has 140 valence electrons. The van der Waals surface area contributed by atoms with E-state index in [1.165, 1.54) is 19.3 Å². The second kappa shape index (κ2) is 8.67. The van der Waals surface area contributed by atoms with Gasteiger partial charge < -0.3 is 10.2 Å². The van der Waals surface area contributed by atoms with Gasteiger partial charge in [0, 0.05) is 76.2 Å². The second-order valence-corrected chi connectivity index (χ2v) is 7.40. The van der Waals surface area contributed by atoms with Crippen molar-refractivity contribution in [2.75, 3.05) is 57.3 Å². The van der Waals surface area contributed by atoms with E-state index in [1.54, 1.807) is 6.07 Å². The largest absolute Gasteiger partial charge is 0.371 e. The molecule has 0 radical (unpaired) electrons. The molecule has 1 N–H and O–H groups in total. The molecule has 4 rings (SSSR count). The van der Waals surface area contributed by atoms with Crippen LogP contribution in [0, 0.1) is 5.82 Å².